The number of hydrogen-bond donors (Lipinski definition) is 1. The minimum Gasteiger partial charge on any atom is -0.478 e. The van der Waals surface area contributed by atoms with Crippen LogP contribution in [0.25, 0.3) is 0 Å². The van der Waals surface area contributed by atoms with Gasteiger partial charge < -0.3 is 14.3 Å². The number of furan rings is 1. The molecule has 1 rings (SSSR count). The van der Waals surface area contributed by atoms with Crippen LogP contribution < -0.4 is 0 Å². The molecule has 0 saturated carbocycles. The molecule has 0 aliphatic heterocycles. The third-order valence-electron chi connectivity index (χ3n) is 1.44. The Balaban J connectivity index is 2.99. The van der Waals surface area contributed by atoms with Crippen molar-refractivity contribution in [2.75, 3.05) is 7.11 Å². The summed E-state index contributed by atoms with van der Waals surface area (Å²) in [5.41, 5.74) is 0.175. The Morgan fingerprint density at radius 3 is 2.92 bits per heavy atom. The lowest BCUT2D eigenvalue weighted by Gasteiger charge is -1.95. The maximum Gasteiger partial charge on any atom is 0.339 e. The molecule has 0 amide bonds. The molecular formula is C8H10O4. The quantitative estimate of drug-likeness (QED) is 0.745. The Labute approximate surface area is 69.8 Å². The van der Waals surface area contributed by atoms with Crippen LogP contribution in [0.4, 0.5) is 0 Å². The molecule has 0 aromatic carbocycles. The molecule has 0 aliphatic rings. The fourth-order valence-electron chi connectivity index (χ4n) is 0.982. The molecule has 0 aliphatic carbocycles. The number of methoxy groups -OCH3 is 1. The zero-order chi connectivity index (χ0) is 9.14. The highest BCUT2D eigenvalue weighted by molar-refractivity contribution is 5.88. The number of carbonyl (C=O) groups is 1. The first kappa shape index (κ1) is 8.80. The number of aryl methyl sites for hydroxylation is 1. The van der Waals surface area contributed by atoms with Gasteiger partial charge in [-0.3, -0.25) is 0 Å². The summed E-state index contributed by atoms with van der Waals surface area (Å²) in [6.45, 7) is 1.89. The van der Waals surface area contributed by atoms with E-state index >= 15 is 0 Å². The lowest BCUT2D eigenvalue weighted by molar-refractivity contribution is 0.0688. The third-order valence-corrected chi connectivity index (χ3v) is 1.44. The van der Waals surface area contributed by atoms with Crippen molar-refractivity contribution < 1.29 is 19.1 Å². The molecular weight excluding hydrogens is 160 g/mol. The Morgan fingerprint density at radius 1 is 1.75 bits per heavy atom. The van der Waals surface area contributed by atoms with Crippen LogP contribution in [0.5, 0.6) is 0 Å². The van der Waals surface area contributed by atoms with Gasteiger partial charge in [-0.1, -0.05) is 0 Å². The number of carboxylic acids is 1. The third kappa shape index (κ3) is 1.65. The van der Waals surface area contributed by atoms with Crippen LogP contribution in [-0.2, 0) is 11.3 Å². The van der Waals surface area contributed by atoms with Gasteiger partial charge in [-0.05, 0) is 13.0 Å². The number of rotatable bonds is 3. The van der Waals surface area contributed by atoms with Crippen LogP contribution >= 0.6 is 0 Å². The summed E-state index contributed by atoms with van der Waals surface area (Å²) in [5, 5.41) is 8.69. The van der Waals surface area contributed by atoms with Gasteiger partial charge in [-0.15, -0.1) is 0 Å². The number of hydrogen-bond acceptors (Lipinski definition) is 3. The van der Waals surface area contributed by atoms with E-state index in [0.29, 0.717) is 11.5 Å². The van der Waals surface area contributed by atoms with Crippen molar-refractivity contribution in [3.8, 4) is 0 Å². The second-order valence-electron chi connectivity index (χ2n) is 2.43. The summed E-state index contributed by atoms with van der Waals surface area (Å²) < 4.78 is 9.89. The van der Waals surface area contributed by atoms with Gasteiger partial charge in [0.25, 0.3) is 0 Å². The predicted molar refractivity (Wildman–Crippen MR) is 41.1 cm³/mol. The molecule has 66 valence electrons. The fraction of sp³-hybridized carbons (Fsp3) is 0.375. The fourth-order valence-corrected chi connectivity index (χ4v) is 0.982. The Kier molecular flexibility index (Phi) is 2.50. The summed E-state index contributed by atoms with van der Waals surface area (Å²) in [4.78, 5) is 10.6. The van der Waals surface area contributed by atoms with E-state index in [2.05, 4.69) is 0 Å². The zero-order valence-corrected chi connectivity index (χ0v) is 6.96. The molecule has 0 bridgehead atoms. The maximum atomic E-state index is 10.6. The first-order valence-corrected chi connectivity index (χ1v) is 3.46. The molecule has 0 radical (unpaired) electrons. The van der Waals surface area contributed by atoms with E-state index in [9.17, 15) is 4.79 Å². The van der Waals surface area contributed by atoms with Crippen molar-refractivity contribution in [3.63, 3.8) is 0 Å². The number of ether oxygens (including phenoxy) is 1. The van der Waals surface area contributed by atoms with E-state index in [1.807, 2.05) is 0 Å². The first-order chi connectivity index (χ1) is 5.65. The van der Waals surface area contributed by atoms with Gasteiger partial charge in [0.1, 0.15) is 23.7 Å². The Bertz CT molecular complexity index is 287. The molecule has 1 N–H and O–H groups in total. The number of aromatic carboxylic acids is 1. The SMILES string of the molecule is COCc1oc(C)cc1C(=O)O. The molecule has 0 unspecified atom stereocenters. The molecule has 1 aromatic heterocycles. The summed E-state index contributed by atoms with van der Waals surface area (Å²) in [7, 11) is 1.49. The van der Waals surface area contributed by atoms with Crippen LogP contribution in [0.3, 0.4) is 0 Å². The molecule has 1 aromatic rings. The minimum absolute atomic E-state index is 0.175. The Morgan fingerprint density at radius 2 is 2.42 bits per heavy atom. The summed E-state index contributed by atoms with van der Waals surface area (Å²) in [5.74, 6) is -0.0409. The average molecular weight is 170 g/mol. The van der Waals surface area contributed by atoms with Crippen LogP contribution in [0.1, 0.15) is 21.9 Å². The second kappa shape index (κ2) is 3.40. The minimum atomic E-state index is -0.987. The Hall–Kier alpha value is -1.29. The smallest absolute Gasteiger partial charge is 0.339 e. The van der Waals surface area contributed by atoms with E-state index in [1.165, 1.54) is 13.2 Å². The largest absolute Gasteiger partial charge is 0.478 e. The highest BCUT2D eigenvalue weighted by Crippen LogP contribution is 2.15. The van der Waals surface area contributed by atoms with E-state index < -0.39 is 5.97 Å². The topological polar surface area (TPSA) is 59.7 Å². The maximum absolute atomic E-state index is 10.6. The van der Waals surface area contributed by atoms with Crippen LogP contribution in [0.2, 0.25) is 0 Å². The second-order valence-corrected chi connectivity index (χ2v) is 2.43. The van der Waals surface area contributed by atoms with Gasteiger partial charge in [0.05, 0.1) is 0 Å². The van der Waals surface area contributed by atoms with Gasteiger partial charge >= 0.3 is 5.97 Å². The van der Waals surface area contributed by atoms with Crippen molar-refractivity contribution >= 4 is 5.97 Å². The van der Waals surface area contributed by atoms with Crippen LogP contribution in [-0.4, -0.2) is 18.2 Å². The van der Waals surface area contributed by atoms with Gasteiger partial charge in [0.15, 0.2) is 0 Å². The molecule has 0 saturated heterocycles. The predicted octanol–water partition coefficient (Wildman–Crippen LogP) is 1.43. The molecule has 0 atom stereocenters. The summed E-state index contributed by atoms with van der Waals surface area (Å²) in [6, 6.07) is 1.48. The van der Waals surface area contributed by atoms with Gasteiger partial charge in [0.2, 0.25) is 0 Å². The highest BCUT2D eigenvalue weighted by Gasteiger charge is 2.14. The van der Waals surface area contributed by atoms with Crippen LogP contribution in [0.15, 0.2) is 10.5 Å². The van der Waals surface area contributed by atoms with Gasteiger partial charge in [-0.25, -0.2) is 4.79 Å². The van der Waals surface area contributed by atoms with Gasteiger partial charge in [0, 0.05) is 7.11 Å². The van der Waals surface area contributed by atoms with E-state index in [4.69, 9.17) is 14.3 Å². The van der Waals surface area contributed by atoms with E-state index in [0.717, 1.165) is 0 Å². The lowest BCUT2D eigenvalue weighted by Crippen LogP contribution is -1.99. The molecule has 4 heteroatoms. The van der Waals surface area contributed by atoms with Crippen molar-refractivity contribution in [3.05, 3.63) is 23.2 Å². The van der Waals surface area contributed by atoms with E-state index in [-0.39, 0.29) is 12.2 Å². The van der Waals surface area contributed by atoms with Crippen LogP contribution in [0, 0.1) is 6.92 Å². The standard InChI is InChI=1S/C8H10O4/c1-5-3-6(8(9)10)7(12-5)4-11-2/h3H,4H2,1-2H3,(H,9,10). The summed E-state index contributed by atoms with van der Waals surface area (Å²) >= 11 is 0. The van der Waals surface area contributed by atoms with Crippen molar-refractivity contribution in [1.29, 1.82) is 0 Å². The zero-order valence-electron chi connectivity index (χ0n) is 6.96. The normalized spacial score (nSPS) is 10.2. The lowest BCUT2D eigenvalue weighted by atomic mass is 10.2. The molecule has 0 spiro atoms. The van der Waals surface area contributed by atoms with Crippen molar-refractivity contribution in [2.45, 2.75) is 13.5 Å². The molecule has 12 heavy (non-hydrogen) atoms. The van der Waals surface area contributed by atoms with E-state index in [1.54, 1.807) is 6.92 Å². The van der Waals surface area contributed by atoms with Crippen molar-refractivity contribution in [2.24, 2.45) is 0 Å². The monoisotopic (exact) mass is 170 g/mol. The molecule has 4 nitrogen and oxygen atoms in total. The van der Waals surface area contributed by atoms with Gasteiger partial charge in [-0.2, -0.15) is 0 Å². The first-order valence-electron chi connectivity index (χ1n) is 3.46. The summed E-state index contributed by atoms with van der Waals surface area (Å²) in [6.07, 6.45) is 0. The molecule has 1 heterocycles. The van der Waals surface area contributed by atoms with Crippen molar-refractivity contribution in [1.82, 2.24) is 0 Å². The number of carboxylic acid groups (broad SMARTS) is 1. The average Bonchev–Trinajstić information content (AvgIpc) is 2.32. The molecule has 0 fully saturated rings. The highest BCUT2D eigenvalue weighted by atomic mass is 16.5.